The number of carbonyl (C=O) groups is 1. The molecule has 1 saturated heterocycles. The molecular weight excluding hydrogens is 336 g/mol. The molecule has 6 nitrogen and oxygen atoms in total. The van der Waals surface area contributed by atoms with Crippen LogP contribution in [-0.2, 0) is 9.53 Å². The molecule has 0 aromatic carbocycles. The van der Waals surface area contributed by atoms with Gasteiger partial charge in [-0.2, -0.15) is 0 Å². The van der Waals surface area contributed by atoms with Crippen LogP contribution >= 0.6 is 0 Å². The van der Waals surface area contributed by atoms with Gasteiger partial charge in [-0.05, 0) is 25.7 Å². The van der Waals surface area contributed by atoms with Gasteiger partial charge in [-0.3, -0.25) is 4.79 Å². The number of carboxylic acid groups (broad SMARTS) is 1. The third-order valence-corrected chi connectivity index (χ3v) is 4.56. The minimum absolute atomic E-state index is 0.151. The van der Waals surface area contributed by atoms with Crippen LogP contribution in [0, 0.1) is 0 Å². The number of aliphatic hydroxyl groups is 3. The fraction of sp³-hybridized carbons (Fsp3) is 0.750. The molecule has 0 bridgehead atoms. The fourth-order valence-corrected chi connectivity index (χ4v) is 2.98. The zero-order chi connectivity index (χ0) is 19.4. The highest BCUT2D eigenvalue weighted by Crippen LogP contribution is 2.26. The summed E-state index contributed by atoms with van der Waals surface area (Å²) in [6, 6.07) is 0. The number of unbranched alkanes of at least 4 members (excludes halogenated alkanes) is 3. The fourth-order valence-electron chi connectivity index (χ4n) is 2.98. The van der Waals surface area contributed by atoms with Crippen molar-refractivity contribution in [1.82, 2.24) is 0 Å². The second-order valence-corrected chi connectivity index (χ2v) is 6.95. The molecular formula is C20H34O6. The molecule has 1 aliphatic heterocycles. The SMILES string of the molecule is CCCCC[C@H](O)/C=C/[C@H](O)[C@@H]1C[C@H](O)[C@H](C/C=C\CCCC(=O)O)O1. The molecule has 0 saturated carbocycles. The normalized spacial score (nSPS) is 25.9. The van der Waals surface area contributed by atoms with Crippen molar-refractivity contribution < 1.29 is 30.0 Å². The number of hydrogen-bond donors (Lipinski definition) is 4. The van der Waals surface area contributed by atoms with Crippen LogP contribution in [0.3, 0.4) is 0 Å². The van der Waals surface area contributed by atoms with Gasteiger partial charge in [0.2, 0.25) is 0 Å². The van der Waals surface area contributed by atoms with Gasteiger partial charge >= 0.3 is 5.97 Å². The van der Waals surface area contributed by atoms with Gasteiger partial charge in [0.05, 0.1) is 30.5 Å². The number of aliphatic hydroxyl groups excluding tert-OH is 3. The van der Waals surface area contributed by atoms with E-state index in [0.717, 1.165) is 19.3 Å². The van der Waals surface area contributed by atoms with Crippen molar-refractivity contribution in [2.24, 2.45) is 0 Å². The summed E-state index contributed by atoms with van der Waals surface area (Å²) in [5.74, 6) is -0.798. The number of rotatable bonds is 13. The Morgan fingerprint density at radius 2 is 1.96 bits per heavy atom. The first-order valence-corrected chi connectivity index (χ1v) is 9.68. The third kappa shape index (κ3) is 9.48. The van der Waals surface area contributed by atoms with Crippen molar-refractivity contribution in [2.45, 2.75) is 95.2 Å². The minimum atomic E-state index is -0.852. The zero-order valence-electron chi connectivity index (χ0n) is 15.7. The molecule has 4 N–H and O–H groups in total. The summed E-state index contributed by atoms with van der Waals surface area (Å²) in [6.07, 6.45) is 10.2. The molecule has 1 fully saturated rings. The van der Waals surface area contributed by atoms with E-state index in [9.17, 15) is 20.1 Å². The van der Waals surface area contributed by atoms with Crippen molar-refractivity contribution >= 4 is 5.97 Å². The van der Waals surface area contributed by atoms with E-state index < -0.39 is 30.4 Å². The number of hydrogen-bond acceptors (Lipinski definition) is 5. The number of carboxylic acids is 1. The summed E-state index contributed by atoms with van der Waals surface area (Å²) >= 11 is 0. The van der Waals surface area contributed by atoms with Gasteiger partial charge in [-0.15, -0.1) is 0 Å². The molecule has 6 heteroatoms. The van der Waals surface area contributed by atoms with E-state index in [1.165, 1.54) is 0 Å². The standard InChI is InChI=1S/C20H34O6/c1-2-3-6-9-15(21)12-13-16(22)19-14-17(23)18(26-19)10-7-4-5-8-11-20(24)25/h4,7,12-13,15-19,21-23H,2-3,5-6,8-11,14H2,1H3,(H,24,25)/b7-4-,13-12+/t15-,16-,17-,18-,19-/m0/s1. The quantitative estimate of drug-likeness (QED) is 0.293. The van der Waals surface area contributed by atoms with Gasteiger partial charge in [0, 0.05) is 12.8 Å². The lowest BCUT2D eigenvalue weighted by atomic mass is 10.0. The Balaban J connectivity index is 2.30. The van der Waals surface area contributed by atoms with E-state index in [1.54, 1.807) is 12.2 Å². The summed E-state index contributed by atoms with van der Waals surface area (Å²) in [5, 5.41) is 38.7. The molecule has 0 aromatic rings. The first kappa shape index (κ1) is 22.8. The lowest BCUT2D eigenvalue weighted by Gasteiger charge is -2.16. The second-order valence-electron chi connectivity index (χ2n) is 6.95. The molecule has 0 amide bonds. The molecule has 0 aliphatic carbocycles. The molecule has 1 aliphatic rings. The van der Waals surface area contributed by atoms with Crippen molar-refractivity contribution in [3.63, 3.8) is 0 Å². The first-order chi connectivity index (χ1) is 12.4. The van der Waals surface area contributed by atoms with Crippen LogP contribution in [0.2, 0.25) is 0 Å². The van der Waals surface area contributed by atoms with Crippen LogP contribution in [0.4, 0.5) is 0 Å². The van der Waals surface area contributed by atoms with Gasteiger partial charge in [0.25, 0.3) is 0 Å². The van der Waals surface area contributed by atoms with E-state index in [0.29, 0.717) is 32.1 Å². The molecule has 5 atom stereocenters. The lowest BCUT2D eigenvalue weighted by molar-refractivity contribution is -0.137. The predicted molar refractivity (Wildman–Crippen MR) is 99.8 cm³/mol. The smallest absolute Gasteiger partial charge is 0.303 e. The van der Waals surface area contributed by atoms with E-state index in [4.69, 9.17) is 9.84 Å². The summed E-state index contributed by atoms with van der Waals surface area (Å²) in [7, 11) is 0. The largest absolute Gasteiger partial charge is 0.481 e. The summed E-state index contributed by atoms with van der Waals surface area (Å²) < 4.78 is 5.73. The number of aliphatic carboxylic acids is 1. The van der Waals surface area contributed by atoms with Crippen LogP contribution in [0.15, 0.2) is 24.3 Å². The summed E-state index contributed by atoms with van der Waals surface area (Å²) in [6.45, 7) is 2.11. The molecule has 1 heterocycles. The van der Waals surface area contributed by atoms with E-state index >= 15 is 0 Å². The van der Waals surface area contributed by atoms with Gasteiger partial charge < -0.3 is 25.2 Å². The van der Waals surface area contributed by atoms with Crippen molar-refractivity contribution in [3.05, 3.63) is 24.3 Å². The van der Waals surface area contributed by atoms with Crippen molar-refractivity contribution in [2.75, 3.05) is 0 Å². The Hall–Kier alpha value is -1.21. The van der Waals surface area contributed by atoms with Crippen molar-refractivity contribution in [1.29, 1.82) is 0 Å². The van der Waals surface area contributed by atoms with Gasteiger partial charge in [0.15, 0.2) is 0 Å². The Bertz CT molecular complexity index is 448. The van der Waals surface area contributed by atoms with E-state index in [2.05, 4.69) is 6.92 Å². The van der Waals surface area contributed by atoms with Gasteiger partial charge in [0.1, 0.15) is 0 Å². The minimum Gasteiger partial charge on any atom is -0.481 e. The van der Waals surface area contributed by atoms with Crippen molar-refractivity contribution in [3.8, 4) is 0 Å². The maximum Gasteiger partial charge on any atom is 0.303 e. The van der Waals surface area contributed by atoms with E-state index in [1.807, 2.05) is 12.2 Å². The first-order valence-electron chi connectivity index (χ1n) is 9.68. The molecule has 0 aromatic heterocycles. The van der Waals surface area contributed by atoms with Crippen LogP contribution in [0.5, 0.6) is 0 Å². The molecule has 150 valence electrons. The Labute approximate surface area is 156 Å². The Morgan fingerprint density at radius 3 is 2.65 bits per heavy atom. The third-order valence-electron chi connectivity index (χ3n) is 4.56. The molecule has 1 rings (SSSR count). The van der Waals surface area contributed by atoms with Crippen LogP contribution in [0.25, 0.3) is 0 Å². The Morgan fingerprint density at radius 1 is 1.19 bits per heavy atom. The average molecular weight is 370 g/mol. The average Bonchev–Trinajstić information content (AvgIpc) is 2.97. The topological polar surface area (TPSA) is 107 Å². The molecule has 26 heavy (non-hydrogen) atoms. The Kier molecular flexibility index (Phi) is 11.4. The van der Waals surface area contributed by atoms with Crippen LogP contribution < -0.4 is 0 Å². The maximum absolute atomic E-state index is 10.4. The van der Waals surface area contributed by atoms with Gasteiger partial charge in [-0.25, -0.2) is 0 Å². The maximum atomic E-state index is 10.4. The van der Waals surface area contributed by atoms with Gasteiger partial charge in [-0.1, -0.05) is 50.5 Å². The highest BCUT2D eigenvalue weighted by molar-refractivity contribution is 5.66. The molecule has 0 unspecified atom stereocenters. The summed E-state index contributed by atoms with van der Waals surface area (Å²) in [4.78, 5) is 10.4. The highest BCUT2D eigenvalue weighted by Gasteiger charge is 2.36. The number of allylic oxidation sites excluding steroid dienone is 1. The monoisotopic (exact) mass is 370 g/mol. The van der Waals surface area contributed by atoms with Crippen LogP contribution in [-0.4, -0.2) is 56.9 Å². The summed E-state index contributed by atoms with van der Waals surface area (Å²) in [5.41, 5.74) is 0. The molecule has 0 spiro atoms. The van der Waals surface area contributed by atoms with E-state index in [-0.39, 0.29) is 12.5 Å². The lowest BCUT2D eigenvalue weighted by Crippen LogP contribution is -2.24. The molecule has 0 radical (unpaired) electrons. The highest BCUT2D eigenvalue weighted by atomic mass is 16.5. The second kappa shape index (κ2) is 13.0. The van der Waals surface area contributed by atoms with Crippen LogP contribution in [0.1, 0.15) is 64.7 Å². The number of ether oxygens (including phenoxy) is 1. The predicted octanol–water partition coefficient (Wildman–Crippen LogP) is 2.56. The zero-order valence-corrected chi connectivity index (χ0v) is 15.7.